The summed E-state index contributed by atoms with van der Waals surface area (Å²) in [6.45, 7) is 2.19. The summed E-state index contributed by atoms with van der Waals surface area (Å²) in [5, 5.41) is 3.35. The van der Waals surface area contributed by atoms with Gasteiger partial charge < -0.3 is 10.2 Å². The van der Waals surface area contributed by atoms with Crippen LogP contribution in [0.25, 0.3) is 10.2 Å². The Bertz CT molecular complexity index is 573. The van der Waals surface area contributed by atoms with Gasteiger partial charge in [-0.25, -0.2) is 0 Å². The lowest BCUT2D eigenvalue weighted by Crippen LogP contribution is -2.22. The SMILES string of the molecule is CCc1ccnc2cc(C3NC=CN3C)sc12. The number of rotatable bonds is 2. The zero-order valence-corrected chi connectivity index (χ0v) is 10.8. The Balaban J connectivity index is 2.07. The van der Waals surface area contributed by atoms with E-state index < -0.39 is 0 Å². The van der Waals surface area contributed by atoms with Crippen LogP contribution in [0.5, 0.6) is 0 Å². The number of hydrogen-bond donors (Lipinski definition) is 1. The monoisotopic (exact) mass is 245 g/mol. The smallest absolute Gasteiger partial charge is 0.134 e. The number of nitrogens with zero attached hydrogens (tertiary/aromatic N) is 2. The third-order valence-corrected chi connectivity index (χ3v) is 4.39. The molecule has 88 valence electrons. The summed E-state index contributed by atoms with van der Waals surface area (Å²) in [5.41, 5.74) is 2.51. The second-order valence-corrected chi connectivity index (χ2v) is 5.32. The maximum Gasteiger partial charge on any atom is 0.134 e. The van der Waals surface area contributed by atoms with Crippen molar-refractivity contribution >= 4 is 21.6 Å². The fourth-order valence-electron chi connectivity index (χ4n) is 2.16. The van der Waals surface area contributed by atoms with Crippen LogP contribution in [0, 0.1) is 0 Å². The summed E-state index contributed by atoms with van der Waals surface area (Å²) in [4.78, 5) is 7.95. The molecular formula is C13H15N3S. The van der Waals surface area contributed by atoms with E-state index in [1.165, 1.54) is 15.1 Å². The topological polar surface area (TPSA) is 28.2 Å². The molecule has 0 saturated carbocycles. The molecule has 1 aliphatic rings. The van der Waals surface area contributed by atoms with E-state index in [9.17, 15) is 0 Å². The first-order valence-corrected chi connectivity index (χ1v) is 6.63. The van der Waals surface area contributed by atoms with Gasteiger partial charge in [0.1, 0.15) is 6.17 Å². The van der Waals surface area contributed by atoms with Gasteiger partial charge in [-0.05, 0) is 24.1 Å². The minimum Gasteiger partial charge on any atom is -0.366 e. The molecule has 0 aliphatic carbocycles. The molecule has 0 aromatic carbocycles. The molecule has 1 atom stereocenters. The van der Waals surface area contributed by atoms with E-state index in [1.54, 1.807) is 0 Å². The molecule has 2 aromatic heterocycles. The Hall–Kier alpha value is -1.55. The van der Waals surface area contributed by atoms with E-state index in [2.05, 4.69) is 47.5 Å². The Morgan fingerprint density at radius 1 is 1.53 bits per heavy atom. The second kappa shape index (κ2) is 4.04. The molecule has 1 N–H and O–H groups in total. The Morgan fingerprint density at radius 3 is 3.12 bits per heavy atom. The summed E-state index contributed by atoms with van der Waals surface area (Å²) in [6.07, 6.45) is 7.28. The van der Waals surface area contributed by atoms with E-state index in [1.807, 2.05) is 23.7 Å². The quantitative estimate of drug-likeness (QED) is 0.882. The van der Waals surface area contributed by atoms with Crippen molar-refractivity contribution in [3.63, 3.8) is 0 Å². The zero-order chi connectivity index (χ0) is 11.8. The van der Waals surface area contributed by atoms with Crippen LogP contribution in [0.3, 0.4) is 0 Å². The van der Waals surface area contributed by atoms with Gasteiger partial charge in [-0.2, -0.15) is 0 Å². The molecule has 1 unspecified atom stereocenters. The Kier molecular flexibility index (Phi) is 2.52. The third-order valence-electron chi connectivity index (χ3n) is 3.13. The van der Waals surface area contributed by atoms with Gasteiger partial charge in [0.2, 0.25) is 0 Å². The molecule has 2 aromatic rings. The highest BCUT2D eigenvalue weighted by Gasteiger charge is 2.20. The summed E-state index contributed by atoms with van der Waals surface area (Å²) < 4.78 is 1.33. The zero-order valence-electron chi connectivity index (χ0n) is 9.97. The molecule has 0 radical (unpaired) electrons. The maximum atomic E-state index is 4.45. The first kappa shape index (κ1) is 10.6. The number of fused-ring (bicyclic) bond motifs is 1. The van der Waals surface area contributed by atoms with Crippen molar-refractivity contribution in [1.82, 2.24) is 15.2 Å². The molecular weight excluding hydrogens is 230 g/mol. The Labute approximate surface area is 105 Å². The molecule has 0 amide bonds. The lowest BCUT2D eigenvalue weighted by atomic mass is 10.2. The first-order valence-electron chi connectivity index (χ1n) is 5.81. The molecule has 3 heterocycles. The van der Waals surface area contributed by atoms with Crippen molar-refractivity contribution in [2.24, 2.45) is 0 Å². The van der Waals surface area contributed by atoms with Crippen LogP contribution in [0.15, 0.2) is 30.7 Å². The fourth-order valence-corrected chi connectivity index (χ4v) is 3.47. The van der Waals surface area contributed by atoms with Gasteiger partial charge in [0.15, 0.2) is 0 Å². The standard InChI is InChI=1S/C13H15N3S/c1-3-9-4-5-14-10-8-11(17-12(9)10)13-15-6-7-16(13)2/h4-8,13,15H,3H2,1-2H3. The maximum absolute atomic E-state index is 4.45. The minimum atomic E-state index is 0.263. The number of thiophene rings is 1. The summed E-state index contributed by atoms with van der Waals surface area (Å²) in [5.74, 6) is 0. The highest BCUT2D eigenvalue weighted by molar-refractivity contribution is 7.19. The van der Waals surface area contributed by atoms with Crippen molar-refractivity contribution in [1.29, 1.82) is 0 Å². The average molecular weight is 245 g/mol. The molecule has 0 spiro atoms. The number of aryl methyl sites for hydroxylation is 1. The van der Waals surface area contributed by atoms with E-state index in [0.717, 1.165) is 11.9 Å². The lowest BCUT2D eigenvalue weighted by Gasteiger charge is -2.19. The molecule has 0 fully saturated rings. The summed E-state index contributed by atoms with van der Waals surface area (Å²) in [7, 11) is 2.08. The van der Waals surface area contributed by atoms with Crippen LogP contribution in [0.1, 0.15) is 23.5 Å². The van der Waals surface area contributed by atoms with Gasteiger partial charge in [0.05, 0.1) is 10.2 Å². The predicted octanol–water partition coefficient (Wildman–Crippen LogP) is 2.86. The largest absolute Gasteiger partial charge is 0.366 e. The van der Waals surface area contributed by atoms with E-state index in [4.69, 9.17) is 0 Å². The van der Waals surface area contributed by atoms with Gasteiger partial charge >= 0.3 is 0 Å². The lowest BCUT2D eigenvalue weighted by molar-refractivity contribution is 0.345. The van der Waals surface area contributed by atoms with Crippen molar-refractivity contribution in [2.45, 2.75) is 19.5 Å². The number of pyridine rings is 1. The molecule has 1 aliphatic heterocycles. The van der Waals surface area contributed by atoms with Crippen LogP contribution >= 0.6 is 11.3 Å². The number of aromatic nitrogens is 1. The predicted molar refractivity (Wildman–Crippen MR) is 71.8 cm³/mol. The number of nitrogens with one attached hydrogen (secondary N) is 1. The van der Waals surface area contributed by atoms with Crippen LogP contribution in [0.4, 0.5) is 0 Å². The van der Waals surface area contributed by atoms with Crippen molar-refractivity contribution in [2.75, 3.05) is 7.05 Å². The molecule has 3 nitrogen and oxygen atoms in total. The van der Waals surface area contributed by atoms with Crippen LogP contribution in [-0.2, 0) is 6.42 Å². The van der Waals surface area contributed by atoms with Gasteiger partial charge in [0, 0.05) is 30.5 Å². The van der Waals surface area contributed by atoms with E-state index in [-0.39, 0.29) is 6.17 Å². The van der Waals surface area contributed by atoms with Crippen molar-refractivity contribution in [3.05, 3.63) is 41.2 Å². The van der Waals surface area contributed by atoms with Gasteiger partial charge in [0.25, 0.3) is 0 Å². The minimum absolute atomic E-state index is 0.263. The van der Waals surface area contributed by atoms with Gasteiger partial charge in [-0.3, -0.25) is 4.98 Å². The first-order chi connectivity index (χ1) is 8.29. The summed E-state index contributed by atoms with van der Waals surface area (Å²) >= 11 is 1.84. The van der Waals surface area contributed by atoms with E-state index >= 15 is 0 Å². The van der Waals surface area contributed by atoms with Crippen LogP contribution < -0.4 is 5.32 Å². The molecule has 17 heavy (non-hydrogen) atoms. The summed E-state index contributed by atoms with van der Waals surface area (Å²) in [6, 6.07) is 4.31. The normalized spacial score (nSPS) is 18.9. The van der Waals surface area contributed by atoms with Crippen molar-refractivity contribution in [3.8, 4) is 0 Å². The average Bonchev–Trinajstić information content (AvgIpc) is 2.93. The Morgan fingerprint density at radius 2 is 2.41 bits per heavy atom. The highest BCUT2D eigenvalue weighted by atomic mass is 32.1. The molecule has 3 rings (SSSR count). The molecule has 0 bridgehead atoms. The van der Waals surface area contributed by atoms with Crippen LogP contribution in [-0.4, -0.2) is 16.9 Å². The molecule has 4 heteroatoms. The van der Waals surface area contributed by atoms with Gasteiger partial charge in [-0.1, -0.05) is 6.92 Å². The van der Waals surface area contributed by atoms with Gasteiger partial charge in [-0.15, -0.1) is 11.3 Å². The fraction of sp³-hybridized carbons (Fsp3) is 0.308. The highest BCUT2D eigenvalue weighted by Crippen LogP contribution is 2.33. The third kappa shape index (κ3) is 1.69. The van der Waals surface area contributed by atoms with Crippen LogP contribution in [0.2, 0.25) is 0 Å². The van der Waals surface area contributed by atoms with E-state index in [0.29, 0.717) is 0 Å². The van der Waals surface area contributed by atoms with Crippen molar-refractivity contribution < 1.29 is 0 Å². The number of hydrogen-bond acceptors (Lipinski definition) is 4. The second-order valence-electron chi connectivity index (χ2n) is 4.24. The molecule has 0 saturated heterocycles.